The smallest absolute Gasteiger partial charge is 0.326 e. The monoisotopic (exact) mass is 921 g/mol. The number of carbonyl (C=O) groups is 6. The first-order chi connectivity index (χ1) is 32.2. The standard InChI is InChI=1S/C50H64N8O9/c1-4-5-6-7-8-9-10-13-32-15-18-34(19-16-32)36-29-53-45(54-30-36)48(64)52-25-23-43(61)56-39(14-11-12-24-51)49(65)58(3)44-35-20-22-42(60)38(28-35)37-26-33(17-21-41(37)59)27-40(50(66)67)57-46(62)31(2)55-47(44)63/h15-22,26,28-31,39-40,44,59-60H,4-14,23-25,27,51H2,1-3H3,(H,52,64)(H,55,63)(H,56,61)(H,57,62)(H,66,67)/p+1/t31-,39-,40-,44-/m0/s1. The Balaban J connectivity index is 1.25. The van der Waals surface area contributed by atoms with Gasteiger partial charge in [0.1, 0.15) is 35.7 Å². The van der Waals surface area contributed by atoms with E-state index in [2.05, 4.69) is 56.0 Å². The number of aliphatic carboxylic acids is 1. The Morgan fingerprint density at radius 3 is 2.15 bits per heavy atom. The summed E-state index contributed by atoms with van der Waals surface area (Å²) in [5.74, 6) is -5.31. The third-order valence-electron chi connectivity index (χ3n) is 12.0. The normalized spacial score (nSPS) is 16.4. The van der Waals surface area contributed by atoms with E-state index in [4.69, 9.17) is 0 Å². The number of amides is 5. The molecule has 0 saturated carbocycles. The van der Waals surface area contributed by atoms with E-state index in [-0.39, 0.29) is 59.8 Å². The zero-order chi connectivity index (χ0) is 48.5. The second-order valence-corrected chi connectivity index (χ2v) is 17.2. The summed E-state index contributed by atoms with van der Waals surface area (Å²) in [5.41, 5.74) is 7.66. The Hall–Kier alpha value is -6.88. The summed E-state index contributed by atoms with van der Waals surface area (Å²) < 4.78 is 0. The summed E-state index contributed by atoms with van der Waals surface area (Å²) in [6, 6.07) is 11.5. The summed E-state index contributed by atoms with van der Waals surface area (Å²) in [5, 5.41) is 42.2. The van der Waals surface area contributed by atoms with E-state index in [1.54, 1.807) is 12.4 Å². The van der Waals surface area contributed by atoms with Gasteiger partial charge in [0.15, 0.2) is 0 Å². The summed E-state index contributed by atoms with van der Waals surface area (Å²) in [6.07, 6.45) is 13.9. The maximum atomic E-state index is 14.4. The summed E-state index contributed by atoms with van der Waals surface area (Å²) in [6.45, 7) is 4.07. The van der Waals surface area contributed by atoms with Crippen LogP contribution in [0, 0.1) is 0 Å². The number of phenols is 2. The van der Waals surface area contributed by atoms with Crippen LogP contribution in [0.1, 0.15) is 118 Å². The fourth-order valence-corrected chi connectivity index (χ4v) is 8.04. The van der Waals surface area contributed by atoms with Crippen LogP contribution in [0.3, 0.4) is 0 Å². The van der Waals surface area contributed by atoms with Gasteiger partial charge in [-0.3, -0.25) is 24.0 Å². The van der Waals surface area contributed by atoms with Gasteiger partial charge in [-0.15, -0.1) is 0 Å². The number of nitrogens with one attached hydrogen (secondary N) is 4. The van der Waals surface area contributed by atoms with Crippen LogP contribution in [0.4, 0.5) is 0 Å². The first kappa shape index (κ1) is 51.1. The van der Waals surface area contributed by atoms with Crippen molar-refractivity contribution >= 4 is 35.5 Å². The molecule has 4 aromatic rings. The molecule has 0 aliphatic carbocycles. The van der Waals surface area contributed by atoms with E-state index in [1.165, 1.54) is 94.5 Å². The molecule has 1 aliphatic rings. The van der Waals surface area contributed by atoms with E-state index in [1.807, 2.05) is 12.1 Å². The number of carboxylic acid groups (broad SMARTS) is 1. The van der Waals surface area contributed by atoms with Gasteiger partial charge in [0, 0.05) is 55.5 Å². The number of aryl methyl sites for hydroxylation is 1. The number of carboxylic acids is 1. The summed E-state index contributed by atoms with van der Waals surface area (Å²) in [4.78, 5) is 90.0. The van der Waals surface area contributed by atoms with Crippen LogP contribution in [-0.4, -0.2) is 104 Å². The third-order valence-corrected chi connectivity index (χ3v) is 12.0. The van der Waals surface area contributed by atoms with Gasteiger partial charge in [-0.05, 0) is 85.5 Å². The topological polar surface area (TPSA) is 268 Å². The number of carbonyl (C=O) groups excluding carboxylic acids is 5. The Bertz CT molecular complexity index is 2340. The van der Waals surface area contributed by atoms with Gasteiger partial charge < -0.3 is 47.2 Å². The molecular weight excluding hydrogens is 857 g/mol. The molecule has 1 aliphatic heterocycles. The van der Waals surface area contributed by atoms with Gasteiger partial charge in [0.05, 0.1) is 6.54 Å². The highest BCUT2D eigenvalue weighted by atomic mass is 16.4. The minimum Gasteiger partial charge on any atom is -0.507 e. The maximum absolute atomic E-state index is 14.4. The van der Waals surface area contributed by atoms with E-state index in [0.717, 1.165) is 28.9 Å². The molecule has 358 valence electrons. The molecule has 3 aromatic carbocycles. The molecule has 10 N–H and O–H groups in total. The molecular formula is C50H65N8O9+. The lowest BCUT2D eigenvalue weighted by molar-refractivity contribution is -0.368. The molecule has 17 heteroatoms. The van der Waals surface area contributed by atoms with Crippen LogP contribution in [0.15, 0.2) is 73.1 Å². The lowest BCUT2D eigenvalue weighted by Gasteiger charge is -2.32. The van der Waals surface area contributed by atoms with Crippen LogP contribution in [-0.2, 0) is 36.8 Å². The Morgan fingerprint density at radius 2 is 1.48 bits per heavy atom. The molecule has 5 amide bonds. The highest BCUT2D eigenvalue weighted by molar-refractivity contribution is 5.96. The lowest BCUT2D eigenvalue weighted by Crippen LogP contribution is -2.55. The second kappa shape index (κ2) is 25.1. The molecule has 2 heterocycles. The number of unbranched alkanes of at least 4 members (excludes halogenated alkanes) is 7. The van der Waals surface area contributed by atoms with Crippen molar-refractivity contribution in [1.82, 2.24) is 36.1 Å². The molecule has 0 spiro atoms. The summed E-state index contributed by atoms with van der Waals surface area (Å²) in [7, 11) is 1.37. The number of nitrogens with zero attached hydrogens (tertiary/aromatic N) is 3. The van der Waals surface area contributed by atoms with Gasteiger partial charge >= 0.3 is 5.97 Å². The largest absolute Gasteiger partial charge is 0.507 e. The number of fused-ring (bicyclic) bond motifs is 5. The van der Waals surface area contributed by atoms with Gasteiger partial charge in [-0.25, -0.2) is 14.8 Å². The molecule has 4 atom stereocenters. The fraction of sp³-hybridized carbons (Fsp3) is 0.440. The summed E-state index contributed by atoms with van der Waals surface area (Å²) >= 11 is 0. The van der Waals surface area contributed by atoms with Crippen LogP contribution in [0.5, 0.6) is 11.5 Å². The zero-order valence-corrected chi connectivity index (χ0v) is 38.7. The number of likely N-dealkylation sites (N-methyl/N-ethyl adjacent to an activating group) is 1. The molecule has 0 saturated heterocycles. The predicted molar refractivity (Wildman–Crippen MR) is 251 cm³/mol. The number of quaternary nitrogens is 1. The molecule has 0 fully saturated rings. The fourth-order valence-electron chi connectivity index (χ4n) is 8.04. The minimum absolute atomic E-state index is 0.0714. The number of benzene rings is 3. The first-order valence-electron chi connectivity index (χ1n) is 23.2. The number of rotatable bonds is 21. The SMILES string of the molecule is CCCCCCCCCc1ccc(-c2cnc(C(=O)NCCC(=O)N[C@@H](CCCC[NH3+])C(=O)N(C)[C@@H]3C(=O)N[C@@H](C)C(=O)N[C@H](C(=O)O)Cc4ccc(O)c(c4)-c4cc3ccc4O)nc2)cc1. The van der Waals surface area contributed by atoms with Crippen molar-refractivity contribution in [2.24, 2.45) is 0 Å². The molecule has 0 unspecified atom stereocenters. The van der Waals surface area contributed by atoms with E-state index in [0.29, 0.717) is 24.9 Å². The van der Waals surface area contributed by atoms with Crippen LogP contribution >= 0.6 is 0 Å². The Kier molecular flexibility index (Phi) is 19.2. The average molecular weight is 922 g/mol. The maximum Gasteiger partial charge on any atom is 0.326 e. The van der Waals surface area contributed by atoms with Crippen molar-refractivity contribution in [3.8, 4) is 33.8 Å². The Morgan fingerprint density at radius 1 is 0.821 bits per heavy atom. The number of phenolic OH excluding ortho intramolecular Hbond substituents is 2. The van der Waals surface area contributed by atoms with Crippen molar-refractivity contribution in [3.05, 3.63) is 95.6 Å². The van der Waals surface area contributed by atoms with Crippen LogP contribution < -0.4 is 27.0 Å². The molecule has 0 radical (unpaired) electrons. The average Bonchev–Trinajstić information content (AvgIpc) is 3.31. The lowest BCUT2D eigenvalue weighted by atomic mass is 9.93. The predicted octanol–water partition coefficient (Wildman–Crippen LogP) is 4.36. The van der Waals surface area contributed by atoms with Gasteiger partial charge in [0.2, 0.25) is 29.5 Å². The minimum atomic E-state index is -1.44. The van der Waals surface area contributed by atoms with E-state index in [9.17, 15) is 44.1 Å². The van der Waals surface area contributed by atoms with Gasteiger partial charge in [-0.1, -0.05) is 81.8 Å². The highest BCUT2D eigenvalue weighted by Crippen LogP contribution is 2.39. The van der Waals surface area contributed by atoms with E-state index < -0.39 is 59.7 Å². The second-order valence-electron chi connectivity index (χ2n) is 17.2. The van der Waals surface area contributed by atoms with Crippen LogP contribution in [0.2, 0.25) is 0 Å². The number of hydrogen-bond donors (Lipinski definition) is 8. The van der Waals surface area contributed by atoms with Crippen molar-refractivity contribution in [2.45, 2.75) is 121 Å². The van der Waals surface area contributed by atoms with Crippen LogP contribution in [0.25, 0.3) is 22.3 Å². The highest BCUT2D eigenvalue weighted by Gasteiger charge is 2.36. The number of hydrogen-bond acceptors (Lipinski definition) is 10. The quantitative estimate of drug-likeness (QED) is 0.0544. The first-order valence-corrected chi connectivity index (χ1v) is 23.2. The molecule has 67 heavy (non-hydrogen) atoms. The van der Waals surface area contributed by atoms with E-state index >= 15 is 0 Å². The molecule has 17 nitrogen and oxygen atoms in total. The number of aromatic hydroxyl groups is 2. The van der Waals surface area contributed by atoms with Crippen molar-refractivity contribution < 1.29 is 49.8 Å². The zero-order valence-electron chi connectivity index (χ0n) is 38.7. The van der Waals surface area contributed by atoms with Gasteiger partial charge in [-0.2, -0.15) is 0 Å². The van der Waals surface area contributed by atoms with Crippen molar-refractivity contribution in [2.75, 3.05) is 20.1 Å². The molecule has 5 rings (SSSR count). The molecule has 1 aromatic heterocycles. The molecule has 4 bridgehead atoms. The van der Waals surface area contributed by atoms with Gasteiger partial charge in [0.25, 0.3) is 5.91 Å². The number of aromatic nitrogens is 2. The van der Waals surface area contributed by atoms with Crippen molar-refractivity contribution in [1.29, 1.82) is 0 Å². The van der Waals surface area contributed by atoms with Crippen molar-refractivity contribution in [3.63, 3.8) is 0 Å². The Labute approximate surface area is 391 Å². The third kappa shape index (κ3) is 14.6.